The van der Waals surface area contributed by atoms with E-state index in [-0.39, 0.29) is 5.91 Å². The number of amides is 1. The molecule has 26 heavy (non-hydrogen) atoms. The second-order valence-electron chi connectivity index (χ2n) is 5.53. The average molecular weight is 374 g/mol. The number of hydrogen-bond donors (Lipinski definition) is 1. The van der Waals surface area contributed by atoms with E-state index < -0.39 is 12.0 Å². The number of thioether (sulfide) groups is 1. The highest BCUT2D eigenvalue weighted by atomic mass is 32.2. The van der Waals surface area contributed by atoms with E-state index in [9.17, 15) is 9.59 Å². The molecule has 0 fully saturated rings. The molecule has 8 heteroatoms. The molecule has 138 valence electrons. The Morgan fingerprint density at radius 1 is 1.35 bits per heavy atom. The highest BCUT2D eigenvalue weighted by Gasteiger charge is 2.19. The van der Waals surface area contributed by atoms with Crippen molar-refractivity contribution in [1.29, 1.82) is 0 Å². The molecule has 0 aliphatic heterocycles. The maximum atomic E-state index is 12.0. The van der Waals surface area contributed by atoms with Crippen molar-refractivity contribution in [1.82, 2.24) is 20.3 Å². The van der Waals surface area contributed by atoms with Crippen molar-refractivity contribution in [3.63, 3.8) is 0 Å². The summed E-state index contributed by atoms with van der Waals surface area (Å²) in [5.41, 5.74) is 1.68. The van der Waals surface area contributed by atoms with Gasteiger partial charge in [-0.2, -0.15) is 11.8 Å². The molecule has 0 aliphatic rings. The summed E-state index contributed by atoms with van der Waals surface area (Å²) in [5.74, 6) is -0.0777. The quantitative estimate of drug-likeness (QED) is 0.532. The van der Waals surface area contributed by atoms with Crippen molar-refractivity contribution in [3.05, 3.63) is 53.9 Å². The number of hydrogen-bond acceptors (Lipinski definition) is 6. The molecule has 1 aromatic carbocycles. The van der Waals surface area contributed by atoms with Crippen LogP contribution in [-0.2, 0) is 20.9 Å². The van der Waals surface area contributed by atoms with Crippen molar-refractivity contribution >= 4 is 29.7 Å². The van der Waals surface area contributed by atoms with E-state index in [0.717, 1.165) is 11.3 Å². The van der Waals surface area contributed by atoms with Crippen LogP contribution >= 0.6 is 11.8 Å². The second-order valence-corrected chi connectivity index (χ2v) is 6.51. The third-order valence-corrected chi connectivity index (χ3v) is 4.21. The number of benzene rings is 1. The molecule has 1 atom stereocenters. The topological polar surface area (TPSA) is 86.1 Å². The van der Waals surface area contributed by atoms with Gasteiger partial charge in [0.1, 0.15) is 11.7 Å². The Morgan fingerprint density at radius 3 is 2.81 bits per heavy atom. The van der Waals surface area contributed by atoms with Crippen LogP contribution in [0, 0.1) is 0 Å². The molecule has 1 amide bonds. The third-order valence-electron chi connectivity index (χ3n) is 3.56. The molecule has 0 saturated carbocycles. The van der Waals surface area contributed by atoms with Crippen molar-refractivity contribution in [2.75, 3.05) is 19.1 Å². The molecule has 1 aromatic heterocycles. The summed E-state index contributed by atoms with van der Waals surface area (Å²) in [4.78, 5) is 23.7. The summed E-state index contributed by atoms with van der Waals surface area (Å²) in [5, 5.41) is 10.7. The van der Waals surface area contributed by atoms with Crippen LogP contribution in [0.5, 0.6) is 0 Å². The van der Waals surface area contributed by atoms with Crippen LogP contribution < -0.4 is 5.32 Å². The van der Waals surface area contributed by atoms with E-state index in [4.69, 9.17) is 4.74 Å². The Labute approximate surface area is 156 Å². The molecular weight excluding hydrogens is 352 g/mol. The first kappa shape index (κ1) is 19.7. The van der Waals surface area contributed by atoms with E-state index in [1.807, 2.05) is 36.6 Å². The van der Waals surface area contributed by atoms with Crippen LogP contribution in [-0.4, -0.2) is 52.0 Å². The van der Waals surface area contributed by atoms with Gasteiger partial charge >= 0.3 is 5.97 Å². The number of esters is 1. The van der Waals surface area contributed by atoms with E-state index in [1.165, 1.54) is 13.2 Å². The normalized spacial score (nSPS) is 12.1. The zero-order chi connectivity index (χ0) is 18.8. The van der Waals surface area contributed by atoms with Crippen molar-refractivity contribution in [3.8, 4) is 0 Å². The summed E-state index contributed by atoms with van der Waals surface area (Å²) in [7, 11) is 1.31. The lowest BCUT2D eigenvalue weighted by molar-refractivity contribution is -0.144. The van der Waals surface area contributed by atoms with Gasteiger partial charge in [0.15, 0.2) is 0 Å². The predicted octanol–water partition coefficient (Wildman–Crippen LogP) is 1.75. The van der Waals surface area contributed by atoms with Gasteiger partial charge in [0.25, 0.3) is 0 Å². The Morgan fingerprint density at radius 2 is 2.12 bits per heavy atom. The smallest absolute Gasteiger partial charge is 0.328 e. The van der Waals surface area contributed by atoms with Gasteiger partial charge in [0.2, 0.25) is 5.91 Å². The number of rotatable bonds is 9. The van der Waals surface area contributed by atoms with Gasteiger partial charge in [0, 0.05) is 6.08 Å². The molecule has 0 aliphatic carbocycles. The third kappa shape index (κ3) is 6.36. The number of carbonyl (C=O) groups is 2. The number of nitrogens with one attached hydrogen (secondary N) is 1. The summed E-state index contributed by atoms with van der Waals surface area (Å²) < 4.78 is 6.42. The number of nitrogens with zero attached hydrogens (tertiary/aromatic N) is 3. The minimum atomic E-state index is -0.654. The van der Waals surface area contributed by atoms with Crippen molar-refractivity contribution in [2.24, 2.45) is 0 Å². The SMILES string of the molecule is COC(=O)[C@@H](CCSC)NC(=O)/C=C/c1cn(Cc2ccccc2)nn1. The maximum Gasteiger partial charge on any atom is 0.328 e. The standard InChI is InChI=1S/C18H22N4O3S/c1-25-18(24)16(10-11-26-2)19-17(23)9-8-15-13-22(21-20-15)12-14-6-4-3-5-7-14/h3-9,13,16H,10-12H2,1-2H3,(H,19,23)/b9-8+/t16-/m1/s1. The van der Waals surface area contributed by atoms with Gasteiger partial charge in [-0.25, -0.2) is 9.48 Å². The van der Waals surface area contributed by atoms with Gasteiger partial charge in [0.05, 0.1) is 19.9 Å². The number of aromatic nitrogens is 3. The first-order chi connectivity index (χ1) is 12.6. The van der Waals surface area contributed by atoms with Crippen LogP contribution in [0.1, 0.15) is 17.7 Å². The summed E-state index contributed by atoms with van der Waals surface area (Å²) in [6.07, 6.45) is 7.11. The van der Waals surface area contributed by atoms with Gasteiger partial charge < -0.3 is 10.1 Å². The van der Waals surface area contributed by atoms with Crippen LogP contribution in [0.3, 0.4) is 0 Å². The number of ether oxygens (including phenoxy) is 1. The Bertz CT molecular complexity index is 746. The molecule has 0 bridgehead atoms. The molecule has 7 nitrogen and oxygen atoms in total. The molecule has 1 N–H and O–H groups in total. The molecule has 0 saturated heterocycles. The van der Waals surface area contributed by atoms with Gasteiger partial charge in [-0.3, -0.25) is 4.79 Å². The number of methoxy groups -OCH3 is 1. The minimum Gasteiger partial charge on any atom is -0.467 e. The summed E-state index contributed by atoms with van der Waals surface area (Å²) >= 11 is 1.60. The molecule has 1 heterocycles. The zero-order valence-electron chi connectivity index (χ0n) is 14.8. The van der Waals surface area contributed by atoms with E-state index in [1.54, 1.807) is 28.7 Å². The van der Waals surface area contributed by atoms with Crippen LogP contribution in [0.2, 0.25) is 0 Å². The maximum absolute atomic E-state index is 12.0. The zero-order valence-corrected chi connectivity index (χ0v) is 15.6. The highest BCUT2D eigenvalue weighted by Crippen LogP contribution is 2.05. The lowest BCUT2D eigenvalue weighted by Crippen LogP contribution is -2.41. The first-order valence-electron chi connectivity index (χ1n) is 8.11. The molecule has 0 spiro atoms. The van der Waals surface area contributed by atoms with Crippen molar-refractivity contribution in [2.45, 2.75) is 19.0 Å². The van der Waals surface area contributed by atoms with Crippen LogP contribution in [0.15, 0.2) is 42.6 Å². The highest BCUT2D eigenvalue weighted by molar-refractivity contribution is 7.98. The van der Waals surface area contributed by atoms with E-state index in [2.05, 4.69) is 15.6 Å². The average Bonchev–Trinajstić information content (AvgIpc) is 3.11. The lowest BCUT2D eigenvalue weighted by Gasteiger charge is -2.14. The summed E-state index contributed by atoms with van der Waals surface area (Å²) in [6, 6.07) is 9.24. The minimum absolute atomic E-state index is 0.376. The Balaban J connectivity index is 1.91. The molecule has 2 aromatic rings. The monoisotopic (exact) mass is 374 g/mol. The number of carbonyl (C=O) groups excluding carboxylic acids is 2. The fourth-order valence-corrected chi connectivity index (χ4v) is 2.72. The first-order valence-corrected chi connectivity index (χ1v) is 9.51. The van der Waals surface area contributed by atoms with Gasteiger partial charge in [-0.15, -0.1) is 5.10 Å². The van der Waals surface area contributed by atoms with Crippen LogP contribution in [0.4, 0.5) is 0 Å². The van der Waals surface area contributed by atoms with Crippen LogP contribution in [0.25, 0.3) is 6.08 Å². The fraction of sp³-hybridized carbons (Fsp3) is 0.333. The van der Waals surface area contributed by atoms with Gasteiger partial charge in [-0.05, 0) is 30.1 Å². The molecular formula is C18H22N4O3S. The second kappa shape index (κ2) is 10.4. The molecule has 0 radical (unpaired) electrons. The van der Waals surface area contributed by atoms with E-state index in [0.29, 0.717) is 18.7 Å². The predicted molar refractivity (Wildman–Crippen MR) is 102 cm³/mol. The Hall–Kier alpha value is -2.61. The summed E-state index contributed by atoms with van der Waals surface area (Å²) in [6.45, 7) is 0.604. The molecule has 2 rings (SSSR count). The van der Waals surface area contributed by atoms with Gasteiger partial charge in [-0.1, -0.05) is 35.5 Å². The largest absolute Gasteiger partial charge is 0.467 e. The van der Waals surface area contributed by atoms with Crippen molar-refractivity contribution < 1.29 is 14.3 Å². The van der Waals surface area contributed by atoms with E-state index >= 15 is 0 Å². The molecule has 0 unspecified atom stereocenters. The fourth-order valence-electron chi connectivity index (χ4n) is 2.25. The Kier molecular flexibility index (Phi) is 7.88. The lowest BCUT2D eigenvalue weighted by atomic mass is 10.2.